The molecule has 160 valence electrons. The van der Waals surface area contributed by atoms with E-state index in [1.54, 1.807) is 0 Å². The molecular formula is C23H24N4O2S2. The van der Waals surface area contributed by atoms with Crippen molar-refractivity contribution in [3.05, 3.63) is 68.5 Å². The van der Waals surface area contributed by atoms with Crippen molar-refractivity contribution in [1.29, 1.82) is 0 Å². The van der Waals surface area contributed by atoms with Crippen LogP contribution in [0.4, 0.5) is 5.13 Å². The number of nitrogens with one attached hydrogen (secondary N) is 1. The summed E-state index contributed by atoms with van der Waals surface area (Å²) in [5, 5.41) is 11.7. The summed E-state index contributed by atoms with van der Waals surface area (Å²) in [6.45, 7) is 9.39. The van der Waals surface area contributed by atoms with Gasteiger partial charge in [0.2, 0.25) is 0 Å². The number of aryl methyl sites for hydroxylation is 3. The van der Waals surface area contributed by atoms with Crippen LogP contribution in [-0.2, 0) is 13.2 Å². The lowest BCUT2D eigenvalue weighted by Crippen LogP contribution is -2.10. The van der Waals surface area contributed by atoms with E-state index in [1.165, 1.54) is 22.7 Å². The number of carbonyl (C=O) groups excluding carboxylic acids is 1. The molecule has 6 nitrogen and oxygen atoms in total. The number of anilines is 1. The second-order valence-corrected chi connectivity index (χ2v) is 9.05. The highest BCUT2D eigenvalue weighted by molar-refractivity contribution is 7.14. The molecule has 3 aromatic heterocycles. The van der Waals surface area contributed by atoms with Crippen LogP contribution in [0.3, 0.4) is 0 Å². The molecular weight excluding hydrogens is 428 g/mol. The van der Waals surface area contributed by atoms with Gasteiger partial charge in [0, 0.05) is 28.7 Å². The van der Waals surface area contributed by atoms with Crippen LogP contribution in [0.15, 0.2) is 41.2 Å². The number of ether oxygens (including phenoxy) is 1. The van der Waals surface area contributed by atoms with Crippen molar-refractivity contribution < 1.29 is 9.53 Å². The molecule has 1 amide bonds. The maximum absolute atomic E-state index is 12.7. The summed E-state index contributed by atoms with van der Waals surface area (Å²) in [4.78, 5) is 17.9. The Morgan fingerprint density at radius 2 is 1.94 bits per heavy atom. The first-order valence-corrected chi connectivity index (χ1v) is 11.8. The van der Waals surface area contributed by atoms with Crippen LogP contribution < -0.4 is 10.1 Å². The van der Waals surface area contributed by atoms with E-state index in [-0.39, 0.29) is 5.91 Å². The van der Waals surface area contributed by atoms with E-state index in [0.717, 1.165) is 45.9 Å². The zero-order valence-electron chi connectivity index (χ0n) is 17.9. The molecule has 31 heavy (non-hydrogen) atoms. The Bertz CT molecular complexity index is 1200. The van der Waals surface area contributed by atoms with Crippen molar-refractivity contribution >= 4 is 33.7 Å². The van der Waals surface area contributed by atoms with Gasteiger partial charge >= 0.3 is 0 Å². The highest BCUT2D eigenvalue weighted by Gasteiger charge is 2.15. The van der Waals surface area contributed by atoms with Gasteiger partial charge in [-0.15, -0.1) is 22.7 Å². The average molecular weight is 453 g/mol. The summed E-state index contributed by atoms with van der Waals surface area (Å²) < 4.78 is 7.93. The highest BCUT2D eigenvalue weighted by atomic mass is 32.1. The monoisotopic (exact) mass is 452 g/mol. The number of hydrogen-bond acceptors (Lipinski definition) is 6. The smallest absolute Gasteiger partial charge is 0.267 e. The van der Waals surface area contributed by atoms with Gasteiger partial charge in [-0.05, 0) is 50.3 Å². The van der Waals surface area contributed by atoms with E-state index < -0.39 is 0 Å². The van der Waals surface area contributed by atoms with Gasteiger partial charge in [0.25, 0.3) is 5.91 Å². The Morgan fingerprint density at radius 3 is 2.65 bits per heavy atom. The minimum Gasteiger partial charge on any atom is -0.488 e. The van der Waals surface area contributed by atoms with E-state index in [1.807, 2.05) is 66.7 Å². The lowest BCUT2D eigenvalue weighted by atomic mass is 10.1. The molecule has 0 spiro atoms. The van der Waals surface area contributed by atoms with E-state index in [2.05, 4.69) is 22.3 Å². The van der Waals surface area contributed by atoms with Crippen LogP contribution in [0.1, 0.15) is 39.0 Å². The molecule has 0 radical (unpaired) electrons. The van der Waals surface area contributed by atoms with Gasteiger partial charge in [0.15, 0.2) is 5.13 Å². The molecule has 0 saturated carbocycles. The number of hydrogen-bond donors (Lipinski definition) is 1. The SMILES string of the molecule is CCn1ncc(-c2csc(NC(=O)c3cc(COc4c(C)cccc4C)cs3)n2)c1C. The van der Waals surface area contributed by atoms with Gasteiger partial charge in [-0.1, -0.05) is 18.2 Å². The van der Waals surface area contributed by atoms with Gasteiger partial charge in [0.05, 0.1) is 16.8 Å². The van der Waals surface area contributed by atoms with E-state index >= 15 is 0 Å². The van der Waals surface area contributed by atoms with Crippen molar-refractivity contribution in [2.75, 3.05) is 5.32 Å². The van der Waals surface area contributed by atoms with E-state index in [0.29, 0.717) is 16.6 Å². The van der Waals surface area contributed by atoms with E-state index in [4.69, 9.17) is 4.74 Å². The fraction of sp³-hybridized carbons (Fsp3) is 0.261. The number of benzene rings is 1. The lowest BCUT2D eigenvalue weighted by Gasteiger charge is -2.10. The van der Waals surface area contributed by atoms with Gasteiger partial charge in [-0.25, -0.2) is 4.98 Å². The zero-order valence-corrected chi connectivity index (χ0v) is 19.6. The largest absolute Gasteiger partial charge is 0.488 e. The fourth-order valence-corrected chi connectivity index (χ4v) is 4.88. The van der Waals surface area contributed by atoms with Gasteiger partial charge in [-0.3, -0.25) is 14.8 Å². The Balaban J connectivity index is 1.40. The number of para-hydroxylation sites is 1. The van der Waals surface area contributed by atoms with Gasteiger partial charge in [-0.2, -0.15) is 5.10 Å². The van der Waals surface area contributed by atoms with Crippen molar-refractivity contribution in [2.24, 2.45) is 0 Å². The van der Waals surface area contributed by atoms with Crippen LogP contribution in [-0.4, -0.2) is 20.7 Å². The zero-order chi connectivity index (χ0) is 22.0. The second-order valence-electron chi connectivity index (χ2n) is 7.28. The number of aromatic nitrogens is 3. The van der Waals surface area contributed by atoms with Crippen LogP contribution >= 0.6 is 22.7 Å². The molecule has 4 aromatic rings. The minimum absolute atomic E-state index is 0.162. The maximum Gasteiger partial charge on any atom is 0.267 e. The summed E-state index contributed by atoms with van der Waals surface area (Å²) in [5.41, 5.74) is 6.06. The standard InChI is InChI=1S/C23H24N4O2S2/c1-5-27-16(4)18(10-24-27)19-13-31-23(25-19)26-22(28)20-9-17(12-30-20)11-29-21-14(2)7-6-8-15(21)3/h6-10,12-13H,5,11H2,1-4H3,(H,25,26,28). The van der Waals surface area contributed by atoms with Crippen molar-refractivity contribution in [3.63, 3.8) is 0 Å². The summed E-state index contributed by atoms with van der Waals surface area (Å²) in [6.07, 6.45) is 1.82. The molecule has 4 rings (SSSR count). The predicted octanol–water partition coefficient (Wildman–Crippen LogP) is 5.84. The molecule has 0 atom stereocenters. The van der Waals surface area contributed by atoms with Crippen LogP contribution in [0, 0.1) is 20.8 Å². The molecule has 0 aliphatic carbocycles. The fourth-order valence-electron chi connectivity index (χ4n) is 3.38. The highest BCUT2D eigenvalue weighted by Crippen LogP contribution is 2.28. The number of carbonyl (C=O) groups is 1. The quantitative estimate of drug-likeness (QED) is 0.382. The van der Waals surface area contributed by atoms with Crippen molar-refractivity contribution in [3.8, 4) is 17.0 Å². The molecule has 0 unspecified atom stereocenters. The summed E-state index contributed by atoms with van der Waals surface area (Å²) in [7, 11) is 0. The molecule has 1 N–H and O–H groups in total. The third-order valence-corrected chi connectivity index (χ3v) is 6.81. The number of thiazole rings is 1. The molecule has 0 bridgehead atoms. The molecule has 0 aliphatic heterocycles. The third kappa shape index (κ3) is 4.55. The molecule has 3 heterocycles. The summed E-state index contributed by atoms with van der Waals surface area (Å²) in [6, 6.07) is 7.96. The second kappa shape index (κ2) is 9.03. The molecule has 8 heteroatoms. The number of rotatable bonds is 7. The van der Waals surface area contributed by atoms with Crippen molar-refractivity contribution in [2.45, 2.75) is 40.8 Å². The van der Waals surface area contributed by atoms with Crippen LogP contribution in [0.2, 0.25) is 0 Å². The summed E-state index contributed by atoms with van der Waals surface area (Å²) in [5.74, 6) is 0.738. The Hall–Kier alpha value is -2.97. The summed E-state index contributed by atoms with van der Waals surface area (Å²) >= 11 is 2.81. The van der Waals surface area contributed by atoms with Crippen LogP contribution in [0.25, 0.3) is 11.3 Å². The number of thiophene rings is 1. The minimum atomic E-state index is -0.162. The predicted molar refractivity (Wildman–Crippen MR) is 126 cm³/mol. The lowest BCUT2D eigenvalue weighted by molar-refractivity contribution is 0.103. The molecule has 0 aliphatic rings. The first-order chi connectivity index (χ1) is 15.0. The van der Waals surface area contributed by atoms with Gasteiger partial charge in [0.1, 0.15) is 12.4 Å². The first-order valence-electron chi connectivity index (χ1n) is 10.0. The maximum atomic E-state index is 12.7. The van der Waals surface area contributed by atoms with Crippen LogP contribution in [0.5, 0.6) is 5.75 Å². The topological polar surface area (TPSA) is 69.0 Å². The van der Waals surface area contributed by atoms with Gasteiger partial charge < -0.3 is 4.74 Å². The average Bonchev–Trinajstić information content (AvgIpc) is 3.47. The van der Waals surface area contributed by atoms with Crippen molar-refractivity contribution in [1.82, 2.24) is 14.8 Å². The number of amides is 1. The number of nitrogens with zero attached hydrogens (tertiary/aromatic N) is 3. The van der Waals surface area contributed by atoms with E-state index in [9.17, 15) is 4.79 Å². The molecule has 0 saturated heterocycles. The molecule has 0 fully saturated rings. The molecule has 1 aromatic carbocycles. The first kappa shape index (κ1) is 21.3. The Kier molecular flexibility index (Phi) is 6.20. The normalized spacial score (nSPS) is 11.0. The Morgan fingerprint density at radius 1 is 1.16 bits per heavy atom. The Labute approximate surface area is 189 Å². The third-order valence-electron chi connectivity index (χ3n) is 5.07.